The van der Waals surface area contributed by atoms with Gasteiger partial charge in [0.05, 0.1) is 5.75 Å². The Morgan fingerprint density at radius 3 is 2.48 bits per heavy atom. The van der Waals surface area contributed by atoms with E-state index in [9.17, 15) is 14.4 Å². The van der Waals surface area contributed by atoms with Crippen LogP contribution in [0.2, 0.25) is 0 Å². The van der Waals surface area contributed by atoms with Crippen molar-refractivity contribution in [2.75, 3.05) is 25.4 Å². The van der Waals surface area contributed by atoms with Crippen LogP contribution in [0.1, 0.15) is 12.8 Å². The van der Waals surface area contributed by atoms with E-state index in [4.69, 9.17) is 10.5 Å². The molecule has 0 unspecified atom stereocenters. The number of esters is 1. The molecule has 1 aliphatic rings. The summed E-state index contributed by atoms with van der Waals surface area (Å²) in [7, 11) is 0. The Hall–Kier alpha value is -2.54. The topological polar surface area (TPSA) is 89.7 Å². The lowest BCUT2D eigenvalue weighted by Crippen LogP contribution is -2.43. The van der Waals surface area contributed by atoms with Crippen molar-refractivity contribution in [1.29, 1.82) is 0 Å². The molecule has 142 valence electrons. The lowest BCUT2D eigenvalue weighted by atomic mass is 9.96. The highest BCUT2D eigenvalue weighted by Crippen LogP contribution is 2.23. The molecular weight excluding hydrogens is 364 g/mol. The van der Waals surface area contributed by atoms with Crippen molar-refractivity contribution < 1.29 is 19.1 Å². The van der Waals surface area contributed by atoms with Gasteiger partial charge in [-0.25, -0.2) is 0 Å². The number of hydrogen-bond donors (Lipinski definition) is 1. The Morgan fingerprint density at radius 1 is 1.07 bits per heavy atom. The number of thioether (sulfide) groups is 1. The predicted molar refractivity (Wildman–Crippen MR) is 104 cm³/mol. The monoisotopic (exact) mass is 386 g/mol. The third-order valence-corrected chi connectivity index (χ3v) is 5.65. The van der Waals surface area contributed by atoms with E-state index in [1.54, 1.807) is 4.90 Å². The van der Waals surface area contributed by atoms with Crippen LogP contribution in [0.25, 0.3) is 10.8 Å². The summed E-state index contributed by atoms with van der Waals surface area (Å²) in [5.41, 5.74) is 5.28. The van der Waals surface area contributed by atoms with Crippen LogP contribution in [-0.4, -0.2) is 48.1 Å². The maximum Gasteiger partial charge on any atom is 0.316 e. The quantitative estimate of drug-likeness (QED) is 0.607. The number of likely N-dealkylation sites (tertiary alicyclic amines) is 1. The maximum atomic E-state index is 12.1. The molecule has 2 aromatic rings. The van der Waals surface area contributed by atoms with Crippen LogP contribution in [-0.2, 0) is 19.1 Å². The maximum absolute atomic E-state index is 12.1. The summed E-state index contributed by atoms with van der Waals surface area (Å²) >= 11 is 1.38. The molecule has 1 heterocycles. The molecule has 1 aliphatic heterocycles. The first-order valence-corrected chi connectivity index (χ1v) is 9.86. The van der Waals surface area contributed by atoms with Crippen molar-refractivity contribution >= 4 is 40.3 Å². The number of nitrogens with zero attached hydrogens (tertiary/aromatic N) is 1. The summed E-state index contributed by atoms with van der Waals surface area (Å²) in [5, 5.41) is 2.26. The standard InChI is InChI=1S/C20H22N2O4S/c21-20(25)15-7-9-22(10-8-15)18(23)12-26-19(24)13-27-17-6-5-14-3-1-2-4-16(14)11-17/h1-6,11,15H,7-10,12-13H2,(H2,21,25). The second-order valence-electron chi connectivity index (χ2n) is 6.52. The fraction of sp³-hybridized carbons (Fsp3) is 0.350. The summed E-state index contributed by atoms with van der Waals surface area (Å²) in [5.74, 6) is -1.00. The van der Waals surface area contributed by atoms with Gasteiger partial charge in [-0.15, -0.1) is 11.8 Å². The van der Waals surface area contributed by atoms with Crippen LogP contribution in [0.15, 0.2) is 47.4 Å². The second-order valence-corrected chi connectivity index (χ2v) is 7.56. The molecule has 27 heavy (non-hydrogen) atoms. The molecule has 6 nitrogen and oxygen atoms in total. The van der Waals surface area contributed by atoms with Crippen LogP contribution in [0.3, 0.4) is 0 Å². The van der Waals surface area contributed by atoms with Gasteiger partial charge >= 0.3 is 5.97 Å². The largest absolute Gasteiger partial charge is 0.455 e. The van der Waals surface area contributed by atoms with Crippen LogP contribution < -0.4 is 5.73 Å². The molecule has 2 N–H and O–H groups in total. The van der Waals surface area contributed by atoms with Crippen molar-refractivity contribution in [1.82, 2.24) is 4.90 Å². The molecule has 2 amide bonds. The number of fused-ring (bicyclic) bond motifs is 1. The number of amides is 2. The van der Waals surface area contributed by atoms with E-state index in [-0.39, 0.29) is 30.1 Å². The Balaban J connectivity index is 1.41. The lowest BCUT2D eigenvalue weighted by molar-refractivity contribution is -0.150. The number of benzene rings is 2. The zero-order chi connectivity index (χ0) is 19.2. The van der Waals surface area contributed by atoms with Gasteiger partial charge in [-0.1, -0.05) is 30.3 Å². The Bertz CT molecular complexity index is 847. The number of primary amides is 1. The van der Waals surface area contributed by atoms with Crippen molar-refractivity contribution in [3.05, 3.63) is 42.5 Å². The van der Waals surface area contributed by atoms with Crippen LogP contribution in [0, 0.1) is 5.92 Å². The van der Waals surface area contributed by atoms with E-state index in [0.717, 1.165) is 15.7 Å². The van der Waals surface area contributed by atoms with Gasteiger partial charge in [0.25, 0.3) is 5.91 Å². The van der Waals surface area contributed by atoms with Crippen molar-refractivity contribution in [3.8, 4) is 0 Å². The van der Waals surface area contributed by atoms with Crippen LogP contribution >= 0.6 is 11.8 Å². The van der Waals surface area contributed by atoms with Gasteiger partial charge in [0.2, 0.25) is 5.91 Å². The molecule has 2 aromatic carbocycles. The minimum absolute atomic E-state index is 0.148. The Labute approximate surface area is 162 Å². The molecule has 0 bridgehead atoms. The van der Waals surface area contributed by atoms with Gasteiger partial charge < -0.3 is 15.4 Å². The zero-order valence-corrected chi connectivity index (χ0v) is 15.7. The van der Waals surface area contributed by atoms with E-state index in [1.165, 1.54) is 11.8 Å². The van der Waals surface area contributed by atoms with Gasteiger partial charge in [0.1, 0.15) is 0 Å². The summed E-state index contributed by atoms with van der Waals surface area (Å²) in [4.78, 5) is 37.8. The number of ether oxygens (including phenoxy) is 1. The highest BCUT2D eigenvalue weighted by Gasteiger charge is 2.26. The second kappa shape index (κ2) is 8.90. The van der Waals surface area contributed by atoms with Gasteiger partial charge in [0.15, 0.2) is 6.61 Å². The molecule has 0 saturated carbocycles. The summed E-state index contributed by atoms with van der Waals surface area (Å²) < 4.78 is 5.10. The highest BCUT2D eigenvalue weighted by atomic mass is 32.2. The van der Waals surface area contributed by atoms with Crippen LogP contribution in [0.5, 0.6) is 0 Å². The van der Waals surface area contributed by atoms with Gasteiger partial charge in [0, 0.05) is 23.9 Å². The van der Waals surface area contributed by atoms with E-state index >= 15 is 0 Å². The van der Waals surface area contributed by atoms with Crippen molar-refractivity contribution in [3.63, 3.8) is 0 Å². The normalized spacial score (nSPS) is 14.9. The SMILES string of the molecule is NC(=O)C1CCN(C(=O)COC(=O)CSc2ccc3ccccc3c2)CC1. The van der Waals surface area contributed by atoms with Crippen molar-refractivity contribution in [2.45, 2.75) is 17.7 Å². The first kappa shape index (κ1) is 19.2. The third-order valence-electron chi connectivity index (χ3n) is 4.68. The average Bonchev–Trinajstić information content (AvgIpc) is 2.70. The van der Waals surface area contributed by atoms with Gasteiger partial charge in [-0.2, -0.15) is 0 Å². The first-order chi connectivity index (χ1) is 13.0. The predicted octanol–water partition coefficient (Wildman–Crippen LogP) is 2.20. The number of carbonyl (C=O) groups is 3. The highest BCUT2D eigenvalue weighted by molar-refractivity contribution is 8.00. The molecule has 0 aromatic heterocycles. The molecule has 0 spiro atoms. The molecular formula is C20H22N2O4S. The zero-order valence-electron chi connectivity index (χ0n) is 14.9. The van der Waals surface area contributed by atoms with Crippen LogP contribution in [0.4, 0.5) is 0 Å². The summed E-state index contributed by atoms with van der Waals surface area (Å²) in [6, 6.07) is 14.0. The molecule has 3 rings (SSSR count). The first-order valence-electron chi connectivity index (χ1n) is 8.87. The minimum atomic E-state index is -0.423. The average molecular weight is 386 g/mol. The molecule has 1 saturated heterocycles. The summed E-state index contributed by atoms with van der Waals surface area (Å²) in [6.45, 7) is 0.671. The number of hydrogen-bond acceptors (Lipinski definition) is 5. The molecule has 0 atom stereocenters. The van der Waals surface area contributed by atoms with E-state index < -0.39 is 5.97 Å². The lowest BCUT2D eigenvalue weighted by Gasteiger charge is -2.30. The third kappa shape index (κ3) is 5.23. The number of rotatable bonds is 6. The molecule has 0 aliphatic carbocycles. The Kier molecular flexibility index (Phi) is 6.34. The Morgan fingerprint density at radius 2 is 1.78 bits per heavy atom. The number of piperidine rings is 1. The smallest absolute Gasteiger partial charge is 0.316 e. The number of carbonyl (C=O) groups excluding carboxylic acids is 3. The van der Waals surface area contributed by atoms with Gasteiger partial charge in [-0.05, 0) is 35.7 Å². The fourth-order valence-corrected chi connectivity index (χ4v) is 3.83. The van der Waals surface area contributed by atoms with E-state index in [0.29, 0.717) is 25.9 Å². The molecule has 1 fully saturated rings. The molecule has 0 radical (unpaired) electrons. The fourth-order valence-electron chi connectivity index (χ4n) is 3.09. The molecule has 7 heteroatoms. The minimum Gasteiger partial charge on any atom is -0.455 e. The number of nitrogens with two attached hydrogens (primary N) is 1. The summed E-state index contributed by atoms with van der Waals surface area (Å²) in [6.07, 6.45) is 1.12. The van der Waals surface area contributed by atoms with E-state index in [1.807, 2.05) is 42.5 Å². The van der Waals surface area contributed by atoms with Crippen molar-refractivity contribution in [2.24, 2.45) is 11.7 Å². The van der Waals surface area contributed by atoms with E-state index in [2.05, 4.69) is 0 Å². The van der Waals surface area contributed by atoms with Gasteiger partial charge in [-0.3, -0.25) is 14.4 Å².